The highest BCUT2D eigenvalue weighted by Gasteiger charge is 2.25. The molecule has 29 heavy (non-hydrogen) atoms. The van der Waals surface area contributed by atoms with Gasteiger partial charge in [0.15, 0.2) is 5.70 Å². The number of carbonyl (C=O) groups excluding carboxylic acids is 1. The molecular weight excluding hydrogens is 409 g/mol. The summed E-state index contributed by atoms with van der Waals surface area (Å²) in [6.45, 7) is 0.347. The Morgan fingerprint density at radius 1 is 0.966 bits per heavy atom. The minimum Gasteiger partial charge on any atom is -0.488 e. The Morgan fingerprint density at radius 3 is 2.59 bits per heavy atom. The van der Waals surface area contributed by atoms with Crippen LogP contribution in [0.2, 0.25) is 10.0 Å². The molecule has 0 atom stereocenters. The summed E-state index contributed by atoms with van der Waals surface area (Å²) in [4.78, 5) is 16.6. The Hall–Kier alpha value is -3.08. The minimum atomic E-state index is -0.537. The highest BCUT2D eigenvalue weighted by atomic mass is 35.5. The summed E-state index contributed by atoms with van der Waals surface area (Å²) < 4.78 is 11.2. The van der Waals surface area contributed by atoms with Crippen molar-refractivity contribution in [1.29, 1.82) is 0 Å². The molecule has 1 heterocycles. The first-order chi connectivity index (χ1) is 14.1. The van der Waals surface area contributed by atoms with E-state index >= 15 is 0 Å². The fourth-order valence-electron chi connectivity index (χ4n) is 2.83. The molecule has 4 nitrogen and oxygen atoms in total. The van der Waals surface area contributed by atoms with Crippen LogP contribution in [0.25, 0.3) is 6.08 Å². The number of nitrogens with zero attached hydrogens (tertiary/aromatic N) is 1. The number of carbonyl (C=O) groups is 1. The number of cyclic esters (lactones) is 1. The number of esters is 1. The van der Waals surface area contributed by atoms with Crippen LogP contribution in [0.3, 0.4) is 0 Å². The topological polar surface area (TPSA) is 47.9 Å². The van der Waals surface area contributed by atoms with Crippen molar-refractivity contribution in [2.45, 2.75) is 6.61 Å². The van der Waals surface area contributed by atoms with Gasteiger partial charge in [0.2, 0.25) is 5.90 Å². The largest absolute Gasteiger partial charge is 0.488 e. The van der Waals surface area contributed by atoms with Crippen LogP contribution in [0.15, 0.2) is 83.5 Å². The second-order valence-electron chi connectivity index (χ2n) is 6.27. The summed E-state index contributed by atoms with van der Waals surface area (Å²) in [6.07, 6.45) is 1.64. The van der Waals surface area contributed by atoms with E-state index in [4.69, 9.17) is 32.7 Å². The maximum Gasteiger partial charge on any atom is 0.363 e. The van der Waals surface area contributed by atoms with Gasteiger partial charge in [-0.05, 0) is 42.0 Å². The quantitative estimate of drug-likeness (QED) is 0.378. The summed E-state index contributed by atoms with van der Waals surface area (Å²) in [5, 5.41) is 1.11. The monoisotopic (exact) mass is 423 g/mol. The summed E-state index contributed by atoms with van der Waals surface area (Å²) in [5.74, 6) is 0.267. The molecule has 3 aromatic carbocycles. The van der Waals surface area contributed by atoms with E-state index in [1.165, 1.54) is 0 Å². The van der Waals surface area contributed by atoms with Gasteiger partial charge in [-0.2, -0.15) is 0 Å². The molecule has 0 fully saturated rings. The van der Waals surface area contributed by atoms with Gasteiger partial charge in [0.1, 0.15) is 12.4 Å². The van der Waals surface area contributed by atoms with E-state index in [2.05, 4.69) is 4.99 Å². The highest BCUT2D eigenvalue weighted by Crippen LogP contribution is 2.27. The summed E-state index contributed by atoms with van der Waals surface area (Å²) >= 11 is 12.2. The number of hydrogen-bond acceptors (Lipinski definition) is 4. The molecule has 0 bridgehead atoms. The highest BCUT2D eigenvalue weighted by molar-refractivity contribution is 6.34. The molecule has 144 valence electrons. The van der Waals surface area contributed by atoms with Gasteiger partial charge in [-0.1, -0.05) is 65.7 Å². The lowest BCUT2D eigenvalue weighted by Gasteiger charge is -2.09. The van der Waals surface area contributed by atoms with Crippen molar-refractivity contribution >= 4 is 41.1 Å². The van der Waals surface area contributed by atoms with E-state index < -0.39 is 5.97 Å². The van der Waals surface area contributed by atoms with Crippen LogP contribution in [0, 0.1) is 0 Å². The van der Waals surface area contributed by atoms with E-state index in [1.807, 2.05) is 48.5 Å². The zero-order chi connectivity index (χ0) is 20.2. The fourth-order valence-corrected chi connectivity index (χ4v) is 3.25. The molecule has 0 aliphatic carbocycles. The lowest BCUT2D eigenvalue weighted by atomic mass is 10.1. The first-order valence-corrected chi connectivity index (χ1v) is 9.59. The number of ether oxygens (including phenoxy) is 2. The lowest BCUT2D eigenvalue weighted by molar-refractivity contribution is -0.129. The van der Waals surface area contributed by atoms with Gasteiger partial charge in [0.25, 0.3) is 0 Å². The van der Waals surface area contributed by atoms with Crippen molar-refractivity contribution < 1.29 is 14.3 Å². The van der Waals surface area contributed by atoms with Crippen LogP contribution in [-0.4, -0.2) is 11.9 Å². The van der Waals surface area contributed by atoms with Crippen LogP contribution in [0.5, 0.6) is 5.75 Å². The average molecular weight is 424 g/mol. The number of rotatable bonds is 5. The summed E-state index contributed by atoms with van der Waals surface area (Å²) in [7, 11) is 0. The Labute approximate surface area is 178 Å². The van der Waals surface area contributed by atoms with Crippen molar-refractivity contribution in [2.24, 2.45) is 4.99 Å². The van der Waals surface area contributed by atoms with Gasteiger partial charge in [-0.25, -0.2) is 9.79 Å². The molecule has 0 unspecified atom stereocenters. The van der Waals surface area contributed by atoms with E-state index in [1.54, 1.807) is 30.3 Å². The molecule has 0 saturated heterocycles. The van der Waals surface area contributed by atoms with Crippen LogP contribution in [-0.2, 0) is 16.1 Å². The third-order valence-corrected chi connectivity index (χ3v) is 4.78. The predicted molar refractivity (Wildman–Crippen MR) is 114 cm³/mol. The van der Waals surface area contributed by atoms with Crippen molar-refractivity contribution in [3.63, 3.8) is 0 Å². The molecule has 0 radical (unpaired) electrons. The number of halogens is 2. The number of aliphatic imine (C=N–C) groups is 1. The molecule has 0 aromatic heterocycles. The fraction of sp³-hybridized carbons (Fsp3) is 0.0435. The second kappa shape index (κ2) is 8.52. The van der Waals surface area contributed by atoms with E-state index in [0.717, 1.165) is 5.56 Å². The van der Waals surface area contributed by atoms with Crippen molar-refractivity contribution in [3.8, 4) is 5.75 Å². The van der Waals surface area contributed by atoms with Gasteiger partial charge >= 0.3 is 5.97 Å². The zero-order valence-electron chi connectivity index (χ0n) is 15.1. The predicted octanol–water partition coefficient (Wildman–Crippen LogP) is 5.92. The van der Waals surface area contributed by atoms with E-state index in [-0.39, 0.29) is 11.6 Å². The van der Waals surface area contributed by atoms with Crippen molar-refractivity contribution in [1.82, 2.24) is 0 Å². The smallest absolute Gasteiger partial charge is 0.363 e. The van der Waals surface area contributed by atoms with Gasteiger partial charge in [0.05, 0.1) is 10.6 Å². The molecule has 4 rings (SSSR count). The number of para-hydroxylation sites is 1. The zero-order valence-corrected chi connectivity index (χ0v) is 16.7. The Kier molecular flexibility index (Phi) is 5.65. The lowest BCUT2D eigenvalue weighted by Crippen LogP contribution is -2.05. The molecule has 0 amide bonds. The summed E-state index contributed by atoms with van der Waals surface area (Å²) in [6, 6.07) is 21.9. The molecule has 1 aliphatic heterocycles. The van der Waals surface area contributed by atoms with Crippen molar-refractivity contribution in [3.05, 3.63) is 105 Å². The molecular formula is C23H15Cl2NO3. The number of benzene rings is 3. The molecule has 6 heteroatoms. The van der Waals surface area contributed by atoms with Crippen molar-refractivity contribution in [2.75, 3.05) is 0 Å². The molecule has 1 aliphatic rings. The molecule has 0 spiro atoms. The van der Waals surface area contributed by atoms with Gasteiger partial charge in [0, 0.05) is 10.6 Å². The van der Waals surface area contributed by atoms with E-state index in [9.17, 15) is 4.79 Å². The van der Waals surface area contributed by atoms with Crippen LogP contribution in [0.1, 0.15) is 16.7 Å². The Morgan fingerprint density at radius 2 is 1.76 bits per heavy atom. The van der Waals surface area contributed by atoms with Crippen LogP contribution < -0.4 is 4.74 Å². The molecule has 0 saturated carbocycles. The normalized spacial score (nSPS) is 14.6. The van der Waals surface area contributed by atoms with E-state index in [0.29, 0.717) is 33.5 Å². The SMILES string of the molecule is O=C1OC(c2ccccc2Cl)=N/C1=C\c1ccccc1OCc1cccc(Cl)c1. The minimum absolute atomic E-state index is 0.179. The summed E-state index contributed by atoms with van der Waals surface area (Å²) in [5.41, 5.74) is 2.40. The molecule has 0 N–H and O–H groups in total. The maximum absolute atomic E-state index is 12.3. The maximum atomic E-state index is 12.3. The third-order valence-electron chi connectivity index (χ3n) is 4.22. The van der Waals surface area contributed by atoms with Crippen LogP contribution >= 0.6 is 23.2 Å². The second-order valence-corrected chi connectivity index (χ2v) is 7.12. The molecule has 3 aromatic rings. The standard InChI is InChI=1S/C23H15Cl2NO3/c24-17-8-5-6-15(12-17)14-28-21-11-4-1-7-16(21)13-20-23(27)29-22(26-20)18-9-2-3-10-19(18)25/h1-13H,14H2/b20-13-. The van der Waals surface area contributed by atoms with Gasteiger partial charge in [-0.3, -0.25) is 0 Å². The van der Waals surface area contributed by atoms with Gasteiger partial charge < -0.3 is 9.47 Å². The average Bonchev–Trinajstić information content (AvgIpc) is 3.08. The Bertz CT molecular complexity index is 1140. The first kappa shape index (κ1) is 19.2. The van der Waals surface area contributed by atoms with Crippen LogP contribution in [0.4, 0.5) is 0 Å². The third kappa shape index (κ3) is 4.50. The Balaban J connectivity index is 1.60. The number of hydrogen-bond donors (Lipinski definition) is 0. The van der Waals surface area contributed by atoms with Gasteiger partial charge in [-0.15, -0.1) is 0 Å². The first-order valence-electron chi connectivity index (χ1n) is 8.84.